The van der Waals surface area contributed by atoms with Gasteiger partial charge in [0.1, 0.15) is 0 Å². The van der Waals surface area contributed by atoms with E-state index in [9.17, 15) is 0 Å². The molecule has 3 N–H and O–H groups in total. The summed E-state index contributed by atoms with van der Waals surface area (Å²) in [4.78, 5) is 8.55. The zero-order valence-electron chi connectivity index (χ0n) is 6.17. The summed E-state index contributed by atoms with van der Waals surface area (Å²) in [5, 5.41) is 3.17. The molecule has 1 aromatic rings. The molecule has 2 rings (SSSR count). The van der Waals surface area contributed by atoms with Gasteiger partial charge in [0.15, 0.2) is 0 Å². The highest BCUT2D eigenvalue weighted by Gasteiger charge is 2.12. The third-order valence-corrected chi connectivity index (χ3v) is 1.78. The van der Waals surface area contributed by atoms with Gasteiger partial charge in [0.2, 0.25) is 0 Å². The van der Waals surface area contributed by atoms with Gasteiger partial charge in [-0.1, -0.05) is 0 Å². The fourth-order valence-electron chi connectivity index (χ4n) is 1.18. The summed E-state index contributed by atoms with van der Waals surface area (Å²) in [6, 6.07) is 0. The van der Waals surface area contributed by atoms with Crippen LogP contribution < -0.4 is 11.1 Å². The maximum absolute atomic E-state index is 5.42. The molecule has 1 aliphatic rings. The number of rotatable bonds is 1. The van der Waals surface area contributed by atoms with E-state index in [-0.39, 0.29) is 0 Å². The number of hydrogen-bond acceptors (Lipinski definition) is 4. The van der Waals surface area contributed by atoms with E-state index in [0.717, 1.165) is 30.2 Å². The first kappa shape index (κ1) is 6.69. The lowest BCUT2D eigenvalue weighted by Gasteiger charge is -1.98. The zero-order chi connectivity index (χ0) is 7.68. The minimum atomic E-state index is 0.472. The molecule has 4 heteroatoms. The van der Waals surface area contributed by atoms with Crippen molar-refractivity contribution in [1.29, 1.82) is 0 Å². The van der Waals surface area contributed by atoms with Gasteiger partial charge in [0.25, 0.3) is 0 Å². The summed E-state index contributed by atoms with van der Waals surface area (Å²) in [6.45, 7) is 2.14. The van der Waals surface area contributed by atoms with Crippen molar-refractivity contribution in [3.05, 3.63) is 23.3 Å². The molecular weight excluding hydrogens is 140 g/mol. The van der Waals surface area contributed by atoms with E-state index in [0.29, 0.717) is 6.54 Å². The van der Waals surface area contributed by atoms with Crippen LogP contribution in [0.15, 0.2) is 6.20 Å². The van der Waals surface area contributed by atoms with Crippen LogP contribution in [0.5, 0.6) is 0 Å². The minimum absolute atomic E-state index is 0.472. The Morgan fingerprint density at radius 3 is 3.09 bits per heavy atom. The number of nitrogens with one attached hydrogen (secondary N) is 1. The van der Waals surface area contributed by atoms with Crippen molar-refractivity contribution in [3.8, 4) is 0 Å². The molecule has 0 fully saturated rings. The van der Waals surface area contributed by atoms with Crippen LogP contribution in [0.3, 0.4) is 0 Å². The molecule has 0 bridgehead atoms. The normalized spacial score (nSPS) is 15.0. The average molecular weight is 150 g/mol. The van der Waals surface area contributed by atoms with E-state index in [1.807, 2.05) is 0 Å². The van der Waals surface area contributed by atoms with E-state index in [4.69, 9.17) is 5.73 Å². The topological polar surface area (TPSA) is 63.8 Å². The molecule has 1 aliphatic heterocycles. The van der Waals surface area contributed by atoms with Crippen LogP contribution in [0, 0.1) is 0 Å². The first-order chi connectivity index (χ1) is 5.40. The van der Waals surface area contributed by atoms with E-state index >= 15 is 0 Å². The first-order valence-electron chi connectivity index (χ1n) is 3.64. The lowest BCUT2D eigenvalue weighted by molar-refractivity contribution is 0.752. The Balaban J connectivity index is 2.41. The van der Waals surface area contributed by atoms with Crippen molar-refractivity contribution in [2.75, 3.05) is 0 Å². The molecule has 4 nitrogen and oxygen atoms in total. The Kier molecular flexibility index (Phi) is 1.56. The van der Waals surface area contributed by atoms with E-state index in [2.05, 4.69) is 15.3 Å². The SMILES string of the molecule is NCc1cnc2c(n1)CNC2. The summed E-state index contributed by atoms with van der Waals surface area (Å²) in [5.41, 5.74) is 8.40. The molecule has 0 atom stereocenters. The third-order valence-electron chi connectivity index (χ3n) is 1.78. The predicted octanol–water partition coefficient (Wildman–Crippen LogP) is -0.462. The number of nitrogens with zero attached hydrogens (tertiary/aromatic N) is 2. The van der Waals surface area contributed by atoms with Gasteiger partial charge in [-0.15, -0.1) is 0 Å². The molecule has 11 heavy (non-hydrogen) atoms. The van der Waals surface area contributed by atoms with Crippen LogP contribution >= 0.6 is 0 Å². The molecule has 0 spiro atoms. The summed E-state index contributed by atoms with van der Waals surface area (Å²) in [7, 11) is 0. The number of hydrogen-bond donors (Lipinski definition) is 2. The lowest BCUT2D eigenvalue weighted by Crippen LogP contribution is -2.03. The van der Waals surface area contributed by atoms with Crippen molar-refractivity contribution in [1.82, 2.24) is 15.3 Å². The maximum Gasteiger partial charge on any atom is 0.0773 e. The quantitative estimate of drug-likeness (QED) is 0.568. The number of nitrogens with two attached hydrogens (primary N) is 1. The van der Waals surface area contributed by atoms with Gasteiger partial charge in [-0.25, -0.2) is 0 Å². The Morgan fingerprint density at radius 2 is 2.27 bits per heavy atom. The molecule has 0 aromatic carbocycles. The molecule has 0 unspecified atom stereocenters. The molecule has 0 saturated heterocycles. The molecule has 58 valence electrons. The second kappa shape index (κ2) is 2.56. The van der Waals surface area contributed by atoms with Crippen molar-refractivity contribution < 1.29 is 0 Å². The largest absolute Gasteiger partial charge is 0.325 e. The smallest absolute Gasteiger partial charge is 0.0773 e. The lowest BCUT2D eigenvalue weighted by atomic mass is 10.3. The number of fused-ring (bicyclic) bond motifs is 1. The summed E-state index contributed by atoms with van der Waals surface area (Å²) in [5.74, 6) is 0. The highest BCUT2D eigenvalue weighted by atomic mass is 15.0. The molecule has 0 saturated carbocycles. The molecule has 1 aromatic heterocycles. The van der Waals surface area contributed by atoms with Gasteiger partial charge < -0.3 is 11.1 Å². The second-order valence-electron chi connectivity index (χ2n) is 2.56. The van der Waals surface area contributed by atoms with Crippen LogP contribution in [0.1, 0.15) is 17.1 Å². The fourth-order valence-corrected chi connectivity index (χ4v) is 1.18. The van der Waals surface area contributed by atoms with Crippen LogP contribution in [-0.4, -0.2) is 9.97 Å². The van der Waals surface area contributed by atoms with Gasteiger partial charge in [0.05, 0.1) is 23.3 Å². The van der Waals surface area contributed by atoms with Crippen molar-refractivity contribution >= 4 is 0 Å². The van der Waals surface area contributed by atoms with Crippen LogP contribution in [-0.2, 0) is 19.6 Å². The number of aromatic nitrogens is 2. The Hall–Kier alpha value is -1.00. The van der Waals surface area contributed by atoms with Gasteiger partial charge in [-0.3, -0.25) is 9.97 Å². The van der Waals surface area contributed by atoms with E-state index < -0.39 is 0 Å². The van der Waals surface area contributed by atoms with Gasteiger partial charge in [-0.2, -0.15) is 0 Å². The van der Waals surface area contributed by atoms with Gasteiger partial charge >= 0.3 is 0 Å². The fraction of sp³-hybridized carbons (Fsp3) is 0.429. The molecule has 2 heterocycles. The standard InChI is InChI=1S/C7H10N4/c8-1-5-2-10-6-3-9-4-7(6)11-5/h2,9H,1,3-4,8H2. The van der Waals surface area contributed by atoms with Gasteiger partial charge in [-0.05, 0) is 0 Å². The third kappa shape index (κ3) is 1.10. The van der Waals surface area contributed by atoms with Crippen molar-refractivity contribution in [2.45, 2.75) is 19.6 Å². The van der Waals surface area contributed by atoms with E-state index in [1.54, 1.807) is 6.20 Å². The molecule has 0 aliphatic carbocycles. The summed E-state index contributed by atoms with van der Waals surface area (Å²) < 4.78 is 0. The highest BCUT2D eigenvalue weighted by Crippen LogP contribution is 2.09. The van der Waals surface area contributed by atoms with Crippen LogP contribution in [0.2, 0.25) is 0 Å². The van der Waals surface area contributed by atoms with Crippen LogP contribution in [0.4, 0.5) is 0 Å². The molecule has 0 radical (unpaired) electrons. The van der Waals surface area contributed by atoms with Crippen molar-refractivity contribution in [2.24, 2.45) is 5.73 Å². The highest BCUT2D eigenvalue weighted by molar-refractivity contribution is 5.17. The summed E-state index contributed by atoms with van der Waals surface area (Å²) >= 11 is 0. The minimum Gasteiger partial charge on any atom is -0.325 e. The van der Waals surface area contributed by atoms with E-state index in [1.165, 1.54) is 0 Å². The Labute approximate surface area is 64.8 Å². The molecular formula is C7H10N4. The maximum atomic E-state index is 5.42. The van der Waals surface area contributed by atoms with Gasteiger partial charge in [0, 0.05) is 19.6 Å². The predicted molar refractivity (Wildman–Crippen MR) is 40.5 cm³/mol. The van der Waals surface area contributed by atoms with Crippen molar-refractivity contribution in [3.63, 3.8) is 0 Å². The first-order valence-corrected chi connectivity index (χ1v) is 3.64. The monoisotopic (exact) mass is 150 g/mol. The zero-order valence-corrected chi connectivity index (χ0v) is 6.17. The Bertz CT molecular complexity index is 271. The molecule has 0 amide bonds. The van der Waals surface area contributed by atoms with Crippen LogP contribution in [0.25, 0.3) is 0 Å². The second-order valence-corrected chi connectivity index (χ2v) is 2.56. The Morgan fingerprint density at radius 1 is 1.45 bits per heavy atom. The summed E-state index contributed by atoms with van der Waals surface area (Å²) in [6.07, 6.45) is 1.74. The average Bonchev–Trinajstić information content (AvgIpc) is 2.50.